The first-order valence-corrected chi connectivity index (χ1v) is 13.4. The molecule has 0 aromatic heterocycles. The molecule has 0 aromatic carbocycles. The van der Waals surface area contributed by atoms with E-state index in [-0.39, 0.29) is 35.8 Å². The van der Waals surface area contributed by atoms with Gasteiger partial charge in [0.05, 0.1) is 18.0 Å². The number of hydrogen-bond acceptors (Lipinski definition) is 5. The molecule has 2 aliphatic heterocycles. The van der Waals surface area contributed by atoms with Gasteiger partial charge in [0.2, 0.25) is 10.0 Å². The largest absolute Gasteiger partial charge is 0.378 e. The van der Waals surface area contributed by atoms with Gasteiger partial charge in [-0.05, 0) is 50.9 Å². The third-order valence-electron chi connectivity index (χ3n) is 6.45. The molecule has 8 nitrogen and oxygen atoms in total. The molecule has 1 saturated carbocycles. The molecular weight excluding hydrogens is 531 g/mol. The average molecular weight is 573 g/mol. The molecule has 0 radical (unpaired) electrons. The number of aliphatic imine (C=N–C) groups is 1. The van der Waals surface area contributed by atoms with Crippen LogP contribution in [0.25, 0.3) is 0 Å². The van der Waals surface area contributed by atoms with Crippen molar-refractivity contribution >= 4 is 40.0 Å². The van der Waals surface area contributed by atoms with Crippen LogP contribution in [0.1, 0.15) is 57.8 Å². The zero-order chi connectivity index (χ0) is 21.2. The number of nitrogens with one attached hydrogen (secondary N) is 2. The maximum atomic E-state index is 12.3. The van der Waals surface area contributed by atoms with E-state index in [9.17, 15) is 8.42 Å². The van der Waals surface area contributed by atoms with E-state index in [0.717, 1.165) is 70.3 Å². The van der Waals surface area contributed by atoms with Crippen molar-refractivity contribution in [1.29, 1.82) is 0 Å². The lowest BCUT2D eigenvalue weighted by atomic mass is 10.1. The minimum Gasteiger partial charge on any atom is -0.378 e. The number of piperidine rings is 1. The molecule has 1 aliphatic carbocycles. The third-order valence-corrected chi connectivity index (χ3v) is 7.80. The van der Waals surface area contributed by atoms with Gasteiger partial charge in [-0.25, -0.2) is 13.1 Å². The van der Waals surface area contributed by atoms with E-state index in [1.165, 1.54) is 25.7 Å². The van der Waals surface area contributed by atoms with Crippen molar-refractivity contribution in [2.45, 2.75) is 70.0 Å². The summed E-state index contributed by atoms with van der Waals surface area (Å²) in [5, 5.41) is 3.21. The molecule has 1 atom stereocenters. The smallest absolute Gasteiger partial charge is 0.213 e. The molecule has 0 spiro atoms. The van der Waals surface area contributed by atoms with Gasteiger partial charge in [-0.1, -0.05) is 12.8 Å². The molecule has 3 aliphatic rings. The minimum atomic E-state index is -3.33. The molecule has 0 amide bonds. The molecule has 1 unspecified atom stereocenters. The Bertz CT molecular complexity index is 629. The van der Waals surface area contributed by atoms with Crippen LogP contribution in [0.2, 0.25) is 0 Å². The molecular formula is C21H41IN4O4S. The van der Waals surface area contributed by atoms with E-state index >= 15 is 0 Å². The molecule has 2 N–H and O–H groups in total. The summed E-state index contributed by atoms with van der Waals surface area (Å²) in [6.45, 7) is 4.12. The van der Waals surface area contributed by atoms with Gasteiger partial charge in [-0.15, -0.1) is 24.0 Å². The first-order valence-electron chi connectivity index (χ1n) is 11.7. The lowest BCUT2D eigenvalue weighted by molar-refractivity contribution is 0.00103. The third kappa shape index (κ3) is 9.69. The molecule has 0 aromatic rings. The van der Waals surface area contributed by atoms with Crippen molar-refractivity contribution in [3.05, 3.63) is 0 Å². The summed E-state index contributed by atoms with van der Waals surface area (Å²) in [6.07, 6.45) is 10.8. The molecule has 0 bridgehead atoms. The number of nitrogens with zero attached hydrogens (tertiary/aromatic N) is 2. The Morgan fingerprint density at radius 3 is 2.45 bits per heavy atom. The van der Waals surface area contributed by atoms with E-state index in [1.54, 1.807) is 7.05 Å². The van der Waals surface area contributed by atoms with Crippen LogP contribution >= 0.6 is 24.0 Å². The second-order valence-corrected chi connectivity index (χ2v) is 10.7. The summed E-state index contributed by atoms with van der Waals surface area (Å²) in [7, 11) is -1.58. The van der Waals surface area contributed by atoms with Crippen LogP contribution in [0, 0.1) is 5.92 Å². The number of guanidine groups is 1. The zero-order valence-electron chi connectivity index (χ0n) is 18.9. The molecule has 3 fully saturated rings. The molecule has 182 valence electrons. The summed E-state index contributed by atoms with van der Waals surface area (Å²) in [5.41, 5.74) is 0. The summed E-state index contributed by atoms with van der Waals surface area (Å²) in [5.74, 6) is 1.56. The van der Waals surface area contributed by atoms with E-state index in [1.807, 2.05) is 0 Å². The monoisotopic (exact) mass is 572 g/mol. The van der Waals surface area contributed by atoms with Gasteiger partial charge in [-0.3, -0.25) is 4.99 Å². The fourth-order valence-electron chi connectivity index (χ4n) is 4.57. The highest BCUT2D eigenvalue weighted by molar-refractivity contribution is 14.0. The van der Waals surface area contributed by atoms with Gasteiger partial charge in [0.1, 0.15) is 0 Å². The highest BCUT2D eigenvalue weighted by Gasteiger charge is 2.24. The number of halogens is 1. The normalized spacial score (nSPS) is 24.2. The average Bonchev–Trinajstić information content (AvgIpc) is 3.29. The van der Waals surface area contributed by atoms with E-state index in [4.69, 9.17) is 9.47 Å². The molecule has 3 rings (SSSR count). The number of ether oxygens (including phenoxy) is 2. The van der Waals surface area contributed by atoms with Crippen molar-refractivity contribution in [3.8, 4) is 0 Å². The summed E-state index contributed by atoms with van der Waals surface area (Å²) >= 11 is 0. The van der Waals surface area contributed by atoms with Crippen LogP contribution in [-0.4, -0.2) is 83.7 Å². The number of likely N-dealkylation sites (tertiary alicyclic amines) is 1. The van der Waals surface area contributed by atoms with E-state index in [2.05, 4.69) is 19.9 Å². The Kier molecular flexibility index (Phi) is 12.4. The van der Waals surface area contributed by atoms with Gasteiger partial charge in [0.25, 0.3) is 0 Å². The van der Waals surface area contributed by atoms with Gasteiger partial charge in [0, 0.05) is 46.4 Å². The predicted molar refractivity (Wildman–Crippen MR) is 135 cm³/mol. The highest BCUT2D eigenvalue weighted by Crippen LogP contribution is 2.26. The number of hydrogen-bond donors (Lipinski definition) is 2. The lowest BCUT2D eigenvalue weighted by Gasteiger charge is -2.34. The van der Waals surface area contributed by atoms with Crippen molar-refractivity contribution in [2.75, 3.05) is 52.2 Å². The first-order chi connectivity index (χ1) is 14.6. The second kappa shape index (κ2) is 14.2. The lowest BCUT2D eigenvalue weighted by Crippen LogP contribution is -2.48. The maximum Gasteiger partial charge on any atom is 0.213 e. The fourth-order valence-corrected chi connectivity index (χ4v) is 5.53. The van der Waals surface area contributed by atoms with Gasteiger partial charge < -0.3 is 19.7 Å². The van der Waals surface area contributed by atoms with Crippen LogP contribution in [0.3, 0.4) is 0 Å². The maximum absolute atomic E-state index is 12.3. The Labute approximate surface area is 205 Å². The van der Waals surface area contributed by atoms with Gasteiger partial charge in [0.15, 0.2) is 5.96 Å². The van der Waals surface area contributed by atoms with E-state index in [0.29, 0.717) is 19.2 Å². The highest BCUT2D eigenvalue weighted by atomic mass is 127. The molecule has 2 heterocycles. The number of rotatable bonds is 9. The summed E-state index contributed by atoms with van der Waals surface area (Å²) in [4.78, 5) is 6.54. The molecule has 10 heteroatoms. The molecule has 31 heavy (non-hydrogen) atoms. The summed E-state index contributed by atoms with van der Waals surface area (Å²) < 4.78 is 38.9. The van der Waals surface area contributed by atoms with Gasteiger partial charge >= 0.3 is 0 Å². The van der Waals surface area contributed by atoms with Gasteiger partial charge in [-0.2, -0.15) is 0 Å². The molecule has 2 saturated heterocycles. The van der Waals surface area contributed by atoms with E-state index < -0.39 is 10.0 Å². The minimum absolute atomic E-state index is 0. The van der Waals surface area contributed by atoms with Crippen LogP contribution in [0.15, 0.2) is 4.99 Å². The van der Waals surface area contributed by atoms with Crippen LogP contribution in [0.5, 0.6) is 0 Å². The fraction of sp³-hybridized carbons (Fsp3) is 0.952. The van der Waals surface area contributed by atoms with Crippen LogP contribution in [-0.2, 0) is 19.5 Å². The Morgan fingerprint density at radius 1 is 1.10 bits per heavy atom. The van der Waals surface area contributed by atoms with Crippen LogP contribution in [0.4, 0.5) is 0 Å². The van der Waals surface area contributed by atoms with Crippen molar-refractivity contribution in [3.63, 3.8) is 0 Å². The quantitative estimate of drug-likeness (QED) is 0.251. The Morgan fingerprint density at radius 2 is 1.81 bits per heavy atom. The first kappa shape index (κ1) is 27.1. The standard InChI is InChI=1S/C21H40N4O4S.HI/c1-22-21(23-11-15-30(26,27)24-16-20-8-4-5-14-28-20)25-12-9-19(10-13-25)29-17-18-6-2-3-7-18;/h18-20,24H,2-17H2,1H3,(H,22,23);1H. The van der Waals surface area contributed by atoms with Crippen molar-refractivity contribution < 1.29 is 17.9 Å². The topological polar surface area (TPSA) is 92.3 Å². The van der Waals surface area contributed by atoms with Crippen molar-refractivity contribution in [1.82, 2.24) is 14.9 Å². The summed E-state index contributed by atoms with van der Waals surface area (Å²) in [6, 6.07) is 0. The number of sulfonamides is 1. The predicted octanol–water partition coefficient (Wildman–Crippen LogP) is 2.34. The van der Waals surface area contributed by atoms with Crippen molar-refractivity contribution in [2.24, 2.45) is 10.9 Å². The SMILES string of the molecule is CN=C(NCCS(=O)(=O)NCC1CCCCO1)N1CCC(OCC2CCCC2)CC1.I. The van der Waals surface area contributed by atoms with Crippen LogP contribution < -0.4 is 10.0 Å². The Hall–Kier alpha value is -0.170. The Balaban J connectivity index is 0.00000341. The zero-order valence-corrected chi connectivity index (χ0v) is 22.0. The second-order valence-electron chi connectivity index (χ2n) is 8.80.